The molecule has 0 N–H and O–H groups in total. The second-order valence-electron chi connectivity index (χ2n) is 10.3. The number of imidazole rings is 1. The van der Waals surface area contributed by atoms with Gasteiger partial charge in [-0.05, 0) is 31.0 Å². The molecule has 0 bridgehead atoms. The summed E-state index contributed by atoms with van der Waals surface area (Å²) in [6.45, 7) is 6.16. The lowest BCUT2D eigenvalue weighted by atomic mass is 10.1. The van der Waals surface area contributed by atoms with Crippen molar-refractivity contribution in [1.82, 2.24) is 14.5 Å². The summed E-state index contributed by atoms with van der Waals surface area (Å²) in [6, 6.07) is 18.9. The lowest BCUT2D eigenvalue weighted by Gasteiger charge is -2.25. The molecule has 0 radical (unpaired) electrons. The van der Waals surface area contributed by atoms with Crippen molar-refractivity contribution in [3.05, 3.63) is 66.0 Å². The fourth-order valence-corrected chi connectivity index (χ4v) is 5.59. The van der Waals surface area contributed by atoms with Crippen LogP contribution in [0.25, 0.3) is 11.0 Å². The molecule has 1 aliphatic rings. The van der Waals surface area contributed by atoms with Gasteiger partial charge in [-0.3, -0.25) is 4.79 Å². The van der Waals surface area contributed by atoms with Crippen molar-refractivity contribution in [2.24, 2.45) is 0 Å². The van der Waals surface area contributed by atoms with Gasteiger partial charge in [0.1, 0.15) is 5.82 Å². The lowest BCUT2D eigenvalue weighted by Crippen LogP contribution is -2.28. The highest BCUT2D eigenvalue weighted by molar-refractivity contribution is 5.81. The Balaban J connectivity index is 1.36. The third-order valence-corrected chi connectivity index (χ3v) is 7.69. The fraction of sp³-hybridized carbons (Fsp3) is 0.548. The molecule has 3 aromatic rings. The highest BCUT2D eigenvalue weighted by Crippen LogP contribution is 2.35. The van der Waals surface area contributed by atoms with E-state index < -0.39 is 0 Å². The number of hydrogen-bond donors (Lipinski definition) is 0. The van der Waals surface area contributed by atoms with Crippen LogP contribution in [0.15, 0.2) is 54.6 Å². The number of para-hydroxylation sites is 2. The quantitative estimate of drug-likeness (QED) is 0.222. The molecule has 4 heteroatoms. The second-order valence-corrected chi connectivity index (χ2v) is 10.3. The molecule has 1 saturated heterocycles. The van der Waals surface area contributed by atoms with E-state index >= 15 is 0 Å². The zero-order valence-electron chi connectivity index (χ0n) is 21.8. The number of hydrogen-bond acceptors (Lipinski definition) is 2. The summed E-state index contributed by atoms with van der Waals surface area (Å²) < 4.78 is 2.41. The van der Waals surface area contributed by atoms with Gasteiger partial charge in [0.2, 0.25) is 5.91 Å². The number of rotatable bonds is 14. The van der Waals surface area contributed by atoms with Crippen LogP contribution in [0.1, 0.15) is 108 Å². The first kappa shape index (κ1) is 25.5. The first-order valence-corrected chi connectivity index (χ1v) is 14.0. The Kier molecular flexibility index (Phi) is 9.39. The van der Waals surface area contributed by atoms with Gasteiger partial charge in [-0.25, -0.2) is 4.98 Å². The number of nitrogens with zero attached hydrogens (tertiary/aromatic N) is 3. The Hall–Kier alpha value is -2.62. The summed E-state index contributed by atoms with van der Waals surface area (Å²) in [5, 5.41) is 0. The van der Waals surface area contributed by atoms with Crippen LogP contribution in [-0.4, -0.2) is 26.9 Å². The number of likely N-dealkylation sites (tertiary alicyclic amines) is 1. The molecule has 1 fully saturated rings. The van der Waals surface area contributed by atoms with E-state index in [0.717, 1.165) is 24.4 Å². The van der Waals surface area contributed by atoms with Gasteiger partial charge in [-0.15, -0.1) is 0 Å². The van der Waals surface area contributed by atoms with E-state index in [0.29, 0.717) is 6.42 Å². The van der Waals surface area contributed by atoms with Crippen LogP contribution in [-0.2, 0) is 11.3 Å². The molecule has 2 heterocycles. The zero-order chi connectivity index (χ0) is 24.5. The highest BCUT2D eigenvalue weighted by atomic mass is 16.2. The predicted molar refractivity (Wildman–Crippen MR) is 146 cm³/mol. The molecular weight excluding hydrogens is 430 g/mol. The topological polar surface area (TPSA) is 38.1 Å². The lowest BCUT2D eigenvalue weighted by molar-refractivity contribution is -0.129. The minimum absolute atomic E-state index is 0.0912. The zero-order valence-corrected chi connectivity index (χ0v) is 21.8. The molecule has 2 atom stereocenters. The number of carbonyl (C=O) groups excluding carboxylic acids is 1. The molecule has 188 valence electrons. The van der Waals surface area contributed by atoms with E-state index in [1.165, 1.54) is 75.3 Å². The Labute approximate surface area is 211 Å². The van der Waals surface area contributed by atoms with Crippen molar-refractivity contribution >= 4 is 16.9 Å². The molecular formula is C31H43N3O. The van der Waals surface area contributed by atoms with Crippen LogP contribution in [0.4, 0.5) is 0 Å². The van der Waals surface area contributed by atoms with E-state index in [-0.39, 0.29) is 17.9 Å². The third-order valence-electron chi connectivity index (χ3n) is 7.69. The van der Waals surface area contributed by atoms with E-state index in [1.807, 2.05) is 11.0 Å². The summed E-state index contributed by atoms with van der Waals surface area (Å²) >= 11 is 0. The number of fused-ring (bicyclic) bond motifs is 1. The van der Waals surface area contributed by atoms with Crippen molar-refractivity contribution in [1.29, 1.82) is 0 Å². The fourth-order valence-electron chi connectivity index (χ4n) is 5.59. The van der Waals surface area contributed by atoms with Gasteiger partial charge in [0.15, 0.2) is 0 Å². The standard InChI is InChI=1S/C31H43N3O/c1-3-4-5-6-7-8-9-10-11-17-22-33-29-21-16-15-20-28(29)32-31(33)27-23-30(35)34(24-27)25(2)26-18-13-12-14-19-26/h12-16,18-21,25,27H,3-11,17,22-24H2,1-2H3. The van der Waals surface area contributed by atoms with E-state index in [4.69, 9.17) is 4.98 Å². The van der Waals surface area contributed by atoms with Crippen molar-refractivity contribution in [2.45, 2.75) is 103 Å². The van der Waals surface area contributed by atoms with Crippen LogP contribution >= 0.6 is 0 Å². The maximum absolute atomic E-state index is 13.0. The maximum atomic E-state index is 13.0. The highest BCUT2D eigenvalue weighted by Gasteiger charge is 2.36. The molecule has 4 rings (SSSR count). The molecule has 1 aromatic heterocycles. The Morgan fingerprint density at radius 3 is 2.20 bits per heavy atom. The molecule has 2 aromatic carbocycles. The number of amides is 1. The number of aromatic nitrogens is 2. The molecule has 0 saturated carbocycles. The van der Waals surface area contributed by atoms with Crippen LogP contribution < -0.4 is 0 Å². The van der Waals surface area contributed by atoms with Gasteiger partial charge >= 0.3 is 0 Å². The van der Waals surface area contributed by atoms with Crippen LogP contribution in [0, 0.1) is 0 Å². The van der Waals surface area contributed by atoms with Gasteiger partial charge in [-0.2, -0.15) is 0 Å². The third kappa shape index (κ3) is 6.54. The summed E-state index contributed by atoms with van der Waals surface area (Å²) in [5.74, 6) is 1.49. The number of aryl methyl sites for hydroxylation is 1. The van der Waals surface area contributed by atoms with Gasteiger partial charge in [0.05, 0.1) is 17.1 Å². The monoisotopic (exact) mass is 473 g/mol. The molecule has 0 aliphatic carbocycles. The van der Waals surface area contributed by atoms with Gasteiger partial charge in [-0.1, -0.05) is 107 Å². The Morgan fingerprint density at radius 2 is 1.49 bits per heavy atom. The minimum Gasteiger partial charge on any atom is -0.335 e. The normalized spacial score (nSPS) is 16.9. The SMILES string of the molecule is CCCCCCCCCCCCn1c(C2CC(=O)N(C(C)c3ccccc3)C2)nc2ccccc21. The average Bonchev–Trinajstić information content (AvgIpc) is 3.45. The Morgan fingerprint density at radius 1 is 0.857 bits per heavy atom. The summed E-state index contributed by atoms with van der Waals surface area (Å²) in [6.07, 6.45) is 13.9. The molecule has 1 amide bonds. The predicted octanol–water partition coefficient (Wildman–Crippen LogP) is 8.03. The van der Waals surface area contributed by atoms with E-state index in [2.05, 4.69) is 66.9 Å². The number of carbonyl (C=O) groups is 1. The molecule has 1 aliphatic heterocycles. The molecule has 2 unspecified atom stereocenters. The second kappa shape index (κ2) is 12.9. The van der Waals surface area contributed by atoms with Gasteiger partial charge < -0.3 is 9.47 Å². The van der Waals surface area contributed by atoms with Crippen LogP contribution in [0.5, 0.6) is 0 Å². The van der Waals surface area contributed by atoms with Crippen molar-refractivity contribution in [3.8, 4) is 0 Å². The molecule has 35 heavy (non-hydrogen) atoms. The van der Waals surface area contributed by atoms with E-state index in [1.54, 1.807) is 0 Å². The first-order chi connectivity index (χ1) is 17.2. The van der Waals surface area contributed by atoms with Crippen LogP contribution in [0.2, 0.25) is 0 Å². The van der Waals surface area contributed by atoms with Crippen molar-refractivity contribution in [2.75, 3.05) is 6.54 Å². The van der Waals surface area contributed by atoms with Crippen molar-refractivity contribution < 1.29 is 4.79 Å². The smallest absolute Gasteiger partial charge is 0.223 e. The maximum Gasteiger partial charge on any atom is 0.223 e. The first-order valence-electron chi connectivity index (χ1n) is 14.0. The summed E-state index contributed by atoms with van der Waals surface area (Å²) in [7, 11) is 0. The Bertz CT molecular complexity index is 1060. The minimum atomic E-state index is 0.0912. The molecule has 0 spiro atoms. The molecule has 4 nitrogen and oxygen atoms in total. The average molecular weight is 474 g/mol. The van der Waals surface area contributed by atoms with Crippen molar-refractivity contribution in [3.63, 3.8) is 0 Å². The van der Waals surface area contributed by atoms with Crippen LogP contribution in [0.3, 0.4) is 0 Å². The van der Waals surface area contributed by atoms with E-state index in [9.17, 15) is 4.79 Å². The largest absolute Gasteiger partial charge is 0.335 e. The summed E-state index contributed by atoms with van der Waals surface area (Å²) in [5.41, 5.74) is 3.46. The summed E-state index contributed by atoms with van der Waals surface area (Å²) in [4.78, 5) is 20.1. The number of benzene rings is 2. The van der Waals surface area contributed by atoms with Gasteiger partial charge in [0, 0.05) is 25.4 Å². The number of unbranched alkanes of at least 4 members (excludes halogenated alkanes) is 9. The van der Waals surface area contributed by atoms with Gasteiger partial charge in [0.25, 0.3) is 0 Å².